The average Bonchev–Trinajstić information content (AvgIpc) is 2.55. The lowest BCUT2D eigenvalue weighted by Gasteiger charge is -2.36. The van der Waals surface area contributed by atoms with Crippen molar-refractivity contribution in [2.75, 3.05) is 40.0 Å². The Kier molecular flexibility index (Phi) is 6.88. The van der Waals surface area contributed by atoms with Gasteiger partial charge in [0.05, 0.1) is 30.2 Å². The molecule has 24 heavy (non-hydrogen) atoms. The monoisotopic (exact) mass is 376 g/mol. The van der Waals surface area contributed by atoms with E-state index in [4.69, 9.17) is 21.1 Å². The number of hydrogen-bond donors (Lipinski definition) is 1. The lowest BCUT2D eigenvalue weighted by atomic mass is 10.0. The molecular weight excluding hydrogens is 352 g/mol. The van der Waals surface area contributed by atoms with Crippen molar-refractivity contribution in [3.63, 3.8) is 0 Å². The maximum absolute atomic E-state index is 12.5. The molecular formula is C16H25ClN2O4S. The number of rotatable bonds is 7. The van der Waals surface area contributed by atoms with Crippen molar-refractivity contribution in [2.24, 2.45) is 5.92 Å². The molecule has 0 aromatic heterocycles. The predicted molar refractivity (Wildman–Crippen MR) is 94.2 cm³/mol. The van der Waals surface area contributed by atoms with E-state index in [0.29, 0.717) is 31.4 Å². The van der Waals surface area contributed by atoms with Gasteiger partial charge >= 0.3 is 0 Å². The third kappa shape index (κ3) is 4.83. The summed E-state index contributed by atoms with van der Waals surface area (Å²) < 4.78 is 38.2. The summed E-state index contributed by atoms with van der Waals surface area (Å²) in [6.07, 6.45) is 0. The molecule has 1 aromatic carbocycles. The summed E-state index contributed by atoms with van der Waals surface area (Å²) in [5.74, 6) is 0.772. The van der Waals surface area contributed by atoms with Crippen molar-refractivity contribution >= 4 is 21.6 Å². The Morgan fingerprint density at radius 3 is 2.54 bits per heavy atom. The summed E-state index contributed by atoms with van der Waals surface area (Å²) in [5.41, 5.74) is 0. The van der Waals surface area contributed by atoms with E-state index in [-0.39, 0.29) is 16.0 Å². The Morgan fingerprint density at radius 2 is 2.00 bits per heavy atom. The van der Waals surface area contributed by atoms with Crippen LogP contribution in [0.15, 0.2) is 23.1 Å². The van der Waals surface area contributed by atoms with E-state index in [9.17, 15) is 8.42 Å². The third-order valence-electron chi connectivity index (χ3n) is 4.20. The normalized spacial score (nSPS) is 17.9. The molecule has 1 aromatic rings. The van der Waals surface area contributed by atoms with Crippen LogP contribution in [-0.4, -0.2) is 59.3 Å². The van der Waals surface area contributed by atoms with Crippen molar-refractivity contribution in [3.05, 3.63) is 23.2 Å². The van der Waals surface area contributed by atoms with Crippen LogP contribution >= 0.6 is 11.6 Å². The van der Waals surface area contributed by atoms with Crippen molar-refractivity contribution in [2.45, 2.75) is 24.8 Å². The zero-order valence-electron chi connectivity index (χ0n) is 14.3. The van der Waals surface area contributed by atoms with Gasteiger partial charge in [-0.05, 0) is 24.1 Å². The number of sulfonamides is 1. The Bertz CT molecular complexity index is 645. The molecule has 1 unspecified atom stereocenters. The first-order valence-corrected chi connectivity index (χ1v) is 9.86. The first-order valence-electron chi connectivity index (χ1n) is 8.00. The smallest absolute Gasteiger partial charge is 0.240 e. The Balaban J connectivity index is 2.08. The SMILES string of the molecule is COc1ccc(S(=O)(=O)NCC(C(C)C)N2CCOCC2)cc1Cl. The molecule has 0 bridgehead atoms. The van der Waals surface area contributed by atoms with Gasteiger partial charge in [-0.15, -0.1) is 0 Å². The molecule has 1 saturated heterocycles. The van der Waals surface area contributed by atoms with Gasteiger partial charge in [-0.3, -0.25) is 4.90 Å². The number of nitrogens with zero attached hydrogens (tertiary/aromatic N) is 1. The quantitative estimate of drug-likeness (QED) is 0.788. The minimum absolute atomic E-state index is 0.123. The van der Waals surface area contributed by atoms with E-state index in [1.807, 2.05) is 0 Å². The van der Waals surface area contributed by atoms with Crippen molar-refractivity contribution in [1.82, 2.24) is 9.62 Å². The summed E-state index contributed by atoms with van der Waals surface area (Å²) >= 11 is 6.03. The molecule has 1 aliphatic heterocycles. The van der Waals surface area contributed by atoms with Crippen molar-refractivity contribution in [1.29, 1.82) is 0 Å². The molecule has 2 rings (SSSR count). The number of nitrogens with one attached hydrogen (secondary N) is 1. The molecule has 1 N–H and O–H groups in total. The molecule has 1 heterocycles. The highest BCUT2D eigenvalue weighted by Gasteiger charge is 2.26. The molecule has 8 heteroatoms. The molecule has 1 aliphatic rings. The van der Waals surface area contributed by atoms with E-state index >= 15 is 0 Å². The summed E-state index contributed by atoms with van der Waals surface area (Å²) in [7, 11) is -2.13. The zero-order chi connectivity index (χ0) is 17.7. The van der Waals surface area contributed by atoms with Crippen molar-refractivity contribution in [3.8, 4) is 5.75 Å². The van der Waals surface area contributed by atoms with Gasteiger partial charge in [-0.25, -0.2) is 13.1 Å². The third-order valence-corrected chi connectivity index (χ3v) is 5.92. The minimum atomic E-state index is -3.62. The van der Waals surface area contributed by atoms with Gasteiger partial charge in [-0.2, -0.15) is 0 Å². The standard InChI is InChI=1S/C16H25ClN2O4S/c1-12(2)15(19-6-8-23-9-7-19)11-18-24(20,21)13-4-5-16(22-3)14(17)10-13/h4-5,10,12,15,18H,6-9,11H2,1-3H3. The highest BCUT2D eigenvalue weighted by molar-refractivity contribution is 7.89. The molecule has 136 valence electrons. The number of halogens is 1. The van der Waals surface area contributed by atoms with Crippen LogP contribution in [-0.2, 0) is 14.8 Å². The topological polar surface area (TPSA) is 67.9 Å². The molecule has 0 saturated carbocycles. The summed E-state index contributed by atoms with van der Waals surface area (Å²) in [6, 6.07) is 4.57. The van der Waals surface area contributed by atoms with Crippen molar-refractivity contribution < 1.29 is 17.9 Å². The fourth-order valence-electron chi connectivity index (χ4n) is 2.79. The van der Waals surface area contributed by atoms with Crippen LogP contribution < -0.4 is 9.46 Å². The van der Waals surface area contributed by atoms with E-state index < -0.39 is 10.0 Å². The summed E-state index contributed by atoms with van der Waals surface area (Å²) in [4.78, 5) is 2.41. The fraction of sp³-hybridized carbons (Fsp3) is 0.625. The zero-order valence-corrected chi connectivity index (χ0v) is 15.9. The summed E-state index contributed by atoms with van der Waals surface area (Å²) in [5, 5.41) is 0.272. The fourth-order valence-corrected chi connectivity index (χ4v) is 4.19. The van der Waals surface area contributed by atoms with Gasteiger partial charge < -0.3 is 9.47 Å². The van der Waals surface area contributed by atoms with E-state index in [0.717, 1.165) is 13.1 Å². The Hall–Kier alpha value is -0.860. The number of methoxy groups -OCH3 is 1. The van der Waals surface area contributed by atoms with Crippen LogP contribution in [0, 0.1) is 5.92 Å². The van der Waals surface area contributed by atoms with Gasteiger partial charge in [0.2, 0.25) is 10.0 Å². The van der Waals surface area contributed by atoms with Gasteiger partial charge in [0.15, 0.2) is 0 Å². The number of morpholine rings is 1. The van der Waals surface area contributed by atoms with Crippen LogP contribution in [0.3, 0.4) is 0 Å². The molecule has 0 aliphatic carbocycles. The maximum Gasteiger partial charge on any atom is 0.240 e. The molecule has 6 nitrogen and oxygen atoms in total. The maximum atomic E-state index is 12.5. The first kappa shape index (κ1) is 19.5. The highest BCUT2D eigenvalue weighted by atomic mass is 35.5. The van der Waals surface area contributed by atoms with Crippen LogP contribution in [0.2, 0.25) is 5.02 Å². The second-order valence-corrected chi connectivity index (χ2v) is 8.28. The molecule has 1 fully saturated rings. The Labute approximate surface area is 149 Å². The van der Waals surface area contributed by atoms with E-state index in [2.05, 4.69) is 23.5 Å². The van der Waals surface area contributed by atoms with Crippen LogP contribution in [0.5, 0.6) is 5.75 Å². The van der Waals surface area contributed by atoms with Crippen LogP contribution in [0.25, 0.3) is 0 Å². The second kappa shape index (κ2) is 8.49. The number of ether oxygens (including phenoxy) is 2. The van der Waals surface area contributed by atoms with Gasteiger partial charge in [0, 0.05) is 25.7 Å². The van der Waals surface area contributed by atoms with E-state index in [1.54, 1.807) is 6.07 Å². The largest absolute Gasteiger partial charge is 0.495 e. The minimum Gasteiger partial charge on any atom is -0.495 e. The lowest BCUT2D eigenvalue weighted by molar-refractivity contribution is 0.00776. The highest BCUT2D eigenvalue weighted by Crippen LogP contribution is 2.27. The number of hydrogen-bond acceptors (Lipinski definition) is 5. The van der Waals surface area contributed by atoms with Gasteiger partial charge in [0.25, 0.3) is 0 Å². The van der Waals surface area contributed by atoms with E-state index in [1.165, 1.54) is 19.2 Å². The van der Waals surface area contributed by atoms with Gasteiger partial charge in [-0.1, -0.05) is 25.4 Å². The molecule has 0 radical (unpaired) electrons. The molecule has 1 atom stereocenters. The average molecular weight is 377 g/mol. The van der Waals surface area contributed by atoms with Crippen LogP contribution in [0.1, 0.15) is 13.8 Å². The number of benzene rings is 1. The van der Waals surface area contributed by atoms with Crippen LogP contribution in [0.4, 0.5) is 0 Å². The van der Waals surface area contributed by atoms with Gasteiger partial charge in [0.1, 0.15) is 5.75 Å². The second-order valence-electron chi connectivity index (χ2n) is 6.11. The Morgan fingerprint density at radius 1 is 1.33 bits per heavy atom. The molecule has 0 amide bonds. The lowest BCUT2D eigenvalue weighted by Crippen LogP contribution is -2.51. The first-order chi connectivity index (χ1) is 11.3. The predicted octanol–water partition coefficient (Wildman–Crippen LogP) is 1.98. The summed E-state index contributed by atoms with van der Waals surface area (Å²) in [6.45, 7) is 7.55. The molecule has 0 spiro atoms.